The Morgan fingerprint density at radius 2 is 2.17 bits per heavy atom. The molecule has 1 aliphatic carbocycles. The van der Waals surface area contributed by atoms with Gasteiger partial charge in [-0.2, -0.15) is 0 Å². The molecule has 1 aromatic rings. The van der Waals surface area contributed by atoms with Crippen LogP contribution in [-0.4, -0.2) is 11.6 Å². The first-order valence-electron chi connectivity index (χ1n) is 6.13. The van der Waals surface area contributed by atoms with Crippen molar-refractivity contribution >= 4 is 22.0 Å². The summed E-state index contributed by atoms with van der Waals surface area (Å²) >= 11 is 3.53. The molecule has 0 saturated heterocycles. The molecule has 0 aliphatic heterocycles. The third-order valence-electron chi connectivity index (χ3n) is 2.88. The molecule has 1 atom stereocenters. The van der Waals surface area contributed by atoms with Gasteiger partial charge < -0.3 is 10.1 Å². The Balaban J connectivity index is 2.06. The molecule has 1 aromatic carbocycles. The van der Waals surface area contributed by atoms with Crippen LogP contribution in [0, 0.1) is 0 Å². The normalized spacial score (nSPS) is 18.3. The van der Waals surface area contributed by atoms with Crippen LogP contribution in [-0.2, 0) is 11.2 Å². The molecule has 0 bridgehead atoms. The second-order valence-corrected chi connectivity index (χ2v) is 6.47. The van der Waals surface area contributed by atoms with E-state index in [0.29, 0.717) is 0 Å². The first-order chi connectivity index (χ1) is 8.37. The fourth-order valence-corrected chi connectivity index (χ4v) is 2.74. The highest BCUT2D eigenvalue weighted by Gasteiger charge is 2.28. The van der Waals surface area contributed by atoms with Crippen LogP contribution in [0.25, 0.3) is 0 Å². The number of fused-ring (bicyclic) bond motifs is 1. The Labute approximate surface area is 116 Å². The van der Waals surface area contributed by atoms with Crippen LogP contribution in [0.15, 0.2) is 22.7 Å². The maximum Gasteiger partial charge on any atom is 0.408 e. The molecule has 0 aromatic heterocycles. The van der Waals surface area contributed by atoms with E-state index in [-0.39, 0.29) is 17.7 Å². The van der Waals surface area contributed by atoms with Crippen molar-refractivity contribution in [3.63, 3.8) is 0 Å². The molecule has 0 spiro atoms. The Morgan fingerprint density at radius 3 is 2.83 bits per heavy atom. The molecule has 0 heterocycles. The molecule has 3 nitrogen and oxygen atoms in total. The minimum absolute atomic E-state index is 0.125. The summed E-state index contributed by atoms with van der Waals surface area (Å²) in [6, 6.07) is 6.03. The third kappa shape index (κ3) is 3.05. The second-order valence-electron chi connectivity index (χ2n) is 5.62. The van der Waals surface area contributed by atoms with E-state index in [1.165, 1.54) is 5.56 Å². The molecule has 18 heavy (non-hydrogen) atoms. The smallest absolute Gasteiger partial charge is 0.408 e. The van der Waals surface area contributed by atoms with Crippen molar-refractivity contribution in [3.8, 4) is 0 Å². The molecule has 1 amide bonds. The SMILES string of the molecule is CC(C)(C)NC(=O)O[C@@H]1CCc2c(Br)cccc21. The zero-order valence-corrected chi connectivity index (χ0v) is 12.5. The number of halogens is 1. The van der Waals surface area contributed by atoms with Gasteiger partial charge in [-0.25, -0.2) is 4.79 Å². The second kappa shape index (κ2) is 4.92. The summed E-state index contributed by atoms with van der Waals surface area (Å²) in [5.41, 5.74) is 2.11. The predicted molar refractivity (Wildman–Crippen MR) is 74.6 cm³/mol. The van der Waals surface area contributed by atoms with Gasteiger partial charge in [-0.3, -0.25) is 0 Å². The molecular formula is C14H18BrNO2. The van der Waals surface area contributed by atoms with Crippen LogP contribution < -0.4 is 5.32 Å². The number of carbonyl (C=O) groups is 1. The maximum absolute atomic E-state index is 11.8. The highest BCUT2D eigenvalue weighted by atomic mass is 79.9. The number of hydrogen-bond donors (Lipinski definition) is 1. The van der Waals surface area contributed by atoms with Gasteiger partial charge in [0.2, 0.25) is 0 Å². The molecule has 1 N–H and O–H groups in total. The van der Waals surface area contributed by atoms with Crippen molar-refractivity contribution in [2.75, 3.05) is 0 Å². The van der Waals surface area contributed by atoms with Gasteiger partial charge in [0.25, 0.3) is 0 Å². The summed E-state index contributed by atoms with van der Waals surface area (Å²) in [5, 5.41) is 2.82. The topological polar surface area (TPSA) is 38.3 Å². The van der Waals surface area contributed by atoms with E-state index >= 15 is 0 Å². The summed E-state index contributed by atoms with van der Waals surface area (Å²) in [7, 11) is 0. The molecule has 0 unspecified atom stereocenters. The van der Waals surface area contributed by atoms with Gasteiger partial charge in [-0.15, -0.1) is 0 Å². The molecule has 0 fully saturated rings. The van der Waals surface area contributed by atoms with Crippen LogP contribution in [0.4, 0.5) is 4.79 Å². The molecular weight excluding hydrogens is 294 g/mol. The quantitative estimate of drug-likeness (QED) is 0.852. The lowest BCUT2D eigenvalue weighted by atomic mass is 10.1. The number of alkyl carbamates (subject to hydrolysis) is 1. The standard InChI is InChI=1S/C14H18BrNO2/c1-14(2,3)16-13(17)18-12-8-7-9-10(12)5-4-6-11(9)15/h4-6,12H,7-8H2,1-3H3,(H,16,17)/t12-/m1/s1. The minimum Gasteiger partial charge on any atom is -0.441 e. The molecule has 2 rings (SSSR count). The first kappa shape index (κ1) is 13.4. The summed E-state index contributed by atoms with van der Waals surface area (Å²) < 4.78 is 6.60. The molecule has 1 aliphatic rings. The first-order valence-corrected chi connectivity index (χ1v) is 6.92. The number of amides is 1. The van der Waals surface area contributed by atoms with E-state index in [1.807, 2.05) is 39.0 Å². The molecule has 98 valence electrons. The van der Waals surface area contributed by atoms with Gasteiger partial charge in [0, 0.05) is 10.0 Å². The van der Waals surface area contributed by atoms with Crippen LogP contribution in [0.1, 0.15) is 44.4 Å². The highest BCUT2D eigenvalue weighted by Crippen LogP contribution is 2.37. The number of rotatable bonds is 1. The van der Waals surface area contributed by atoms with Crippen LogP contribution in [0.5, 0.6) is 0 Å². The number of carbonyl (C=O) groups excluding carboxylic acids is 1. The number of nitrogens with one attached hydrogen (secondary N) is 1. The lowest BCUT2D eigenvalue weighted by molar-refractivity contribution is 0.0918. The Kier molecular flexibility index (Phi) is 3.66. The Hall–Kier alpha value is -1.03. The van der Waals surface area contributed by atoms with Gasteiger partial charge in [-0.1, -0.05) is 28.1 Å². The van der Waals surface area contributed by atoms with E-state index in [0.717, 1.165) is 22.9 Å². The lowest BCUT2D eigenvalue weighted by Gasteiger charge is -2.22. The van der Waals surface area contributed by atoms with Crippen molar-refractivity contribution < 1.29 is 9.53 Å². The van der Waals surface area contributed by atoms with Gasteiger partial charge in [0.15, 0.2) is 0 Å². The number of ether oxygens (including phenoxy) is 1. The van der Waals surface area contributed by atoms with E-state index in [9.17, 15) is 4.79 Å². The van der Waals surface area contributed by atoms with Crippen LogP contribution in [0.3, 0.4) is 0 Å². The van der Waals surface area contributed by atoms with E-state index in [4.69, 9.17) is 4.74 Å². The van der Waals surface area contributed by atoms with Crippen molar-refractivity contribution in [1.29, 1.82) is 0 Å². The summed E-state index contributed by atoms with van der Waals surface area (Å²) in [4.78, 5) is 11.8. The summed E-state index contributed by atoms with van der Waals surface area (Å²) in [5.74, 6) is 0. The van der Waals surface area contributed by atoms with Gasteiger partial charge in [0.05, 0.1) is 0 Å². The third-order valence-corrected chi connectivity index (χ3v) is 3.63. The Bertz CT molecular complexity index is 465. The number of benzene rings is 1. The largest absolute Gasteiger partial charge is 0.441 e. The zero-order chi connectivity index (χ0) is 13.3. The molecule has 4 heteroatoms. The zero-order valence-electron chi connectivity index (χ0n) is 10.9. The average Bonchev–Trinajstić information content (AvgIpc) is 2.60. The van der Waals surface area contributed by atoms with Crippen molar-refractivity contribution in [3.05, 3.63) is 33.8 Å². The van der Waals surface area contributed by atoms with Gasteiger partial charge in [-0.05, 0) is 50.8 Å². The van der Waals surface area contributed by atoms with E-state index in [2.05, 4.69) is 21.2 Å². The van der Waals surface area contributed by atoms with E-state index < -0.39 is 0 Å². The van der Waals surface area contributed by atoms with Gasteiger partial charge in [0.1, 0.15) is 6.10 Å². The molecule has 0 saturated carbocycles. The number of hydrogen-bond acceptors (Lipinski definition) is 2. The van der Waals surface area contributed by atoms with Gasteiger partial charge >= 0.3 is 6.09 Å². The monoisotopic (exact) mass is 311 g/mol. The van der Waals surface area contributed by atoms with Crippen molar-refractivity contribution in [2.45, 2.75) is 45.3 Å². The van der Waals surface area contributed by atoms with Crippen LogP contribution in [0.2, 0.25) is 0 Å². The van der Waals surface area contributed by atoms with E-state index in [1.54, 1.807) is 0 Å². The fourth-order valence-electron chi connectivity index (χ4n) is 2.16. The average molecular weight is 312 g/mol. The fraction of sp³-hybridized carbons (Fsp3) is 0.500. The molecule has 0 radical (unpaired) electrons. The predicted octanol–water partition coefficient (Wildman–Crippen LogP) is 3.96. The van der Waals surface area contributed by atoms with Crippen LogP contribution >= 0.6 is 15.9 Å². The van der Waals surface area contributed by atoms with Crippen molar-refractivity contribution in [2.24, 2.45) is 0 Å². The minimum atomic E-state index is -0.347. The van der Waals surface area contributed by atoms with Crippen molar-refractivity contribution in [1.82, 2.24) is 5.32 Å². The lowest BCUT2D eigenvalue weighted by Crippen LogP contribution is -2.41. The summed E-state index contributed by atoms with van der Waals surface area (Å²) in [6.45, 7) is 5.81. The highest BCUT2D eigenvalue weighted by molar-refractivity contribution is 9.10. The maximum atomic E-state index is 11.8. The summed E-state index contributed by atoms with van der Waals surface area (Å²) in [6.07, 6.45) is 1.33. The Morgan fingerprint density at radius 1 is 1.44 bits per heavy atom.